The molecule has 0 saturated carbocycles. The molecule has 3 heterocycles. The van der Waals surface area contributed by atoms with Gasteiger partial charge >= 0.3 is 12.1 Å². The van der Waals surface area contributed by atoms with Crippen LogP contribution in [-0.4, -0.2) is 65.6 Å². The third kappa shape index (κ3) is 3.81. The summed E-state index contributed by atoms with van der Waals surface area (Å²) in [6.07, 6.45) is -6.25. The highest BCUT2D eigenvalue weighted by Crippen LogP contribution is 2.38. The Labute approximate surface area is 164 Å². The zero-order valence-corrected chi connectivity index (χ0v) is 15.8. The molecule has 1 aromatic rings. The van der Waals surface area contributed by atoms with E-state index in [0.29, 0.717) is 31.2 Å². The normalized spacial score (nSPS) is 19.6. The standard InChI is InChI=1S/C16H20F3N7O3/c1-3-4-7-25-10-11(22-14(20)23(2)12(10)27)26(29-13(28)16(17,18)19)15(25)24-8-5-21-6-9-24/h15,21H,5-9H2,1-2H3,(H2,20,22). The van der Waals surface area contributed by atoms with Crippen LogP contribution in [0.5, 0.6) is 0 Å². The van der Waals surface area contributed by atoms with Gasteiger partial charge < -0.3 is 20.8 Å². The molecule has 1 fully saturated rings. The molecule has 0 aromatic carbocycles. The first-order valence-corrected chi connectivity index (χ1v) is 8.72. The minimum absolute atomic E-state index is 0.0129. The first-order valence-electron chi connectivity index (χ1n) is 8.72. The molecule has 13 heteroatoms. The van der Waals surface area contributed by atoms with Crippen molar-refractivity contribution in [3.63, 3.8) is 0 Å². The molecule has 1 atom stereocenters. The van der Waals surface area contributed by atoms with Crippen LogP contribution in [0.2, 0.25) is 0 Å². The third-order valence-electron chi connectivity index (χ3n) is 4.58. The topological polar surface area (TPSA) is 109 Å². The zero-order valence-electron chi connectivity index (χ0n) is 15.8. The van der Waals surface area contributed by atoms with Gasteiger partial charge in [-0.15, -0.1) is 11.0 Å². The summed E-state index contributed by atoms with van der Waals surface area (Å²) < 4.78 is 39.8. The van der Waals surface area contributed by atoms with Crippen LogP contribution < -0.4 is 26.6 Å². The number of nitrogens with zero attached hydrogens (tertiary/aromatic N) is 5. The number of nitrogens with two attached hydrogens (primary N) is 1. The predicted molar refractivity (Wildman–Crippen MR) is 97.5 cm³/mol. The maximum atomic E-state index is 12.9. The molecule has 3 N–H and O–H groups in total. The van der Waals surface area contributed by atoms with Gasteiger partial charge in [-0.25, -0.2) is 4.79 Å². The molecule has 29 heavy (non-hydrogen) atoms. The Morgan fingerprint density at radius 3 is 2.62 bits per heavy atom. The van der Waals surface area contributed by atoms with Gasteiger partial charge in [-0.3, -0.25) is 14.3 Å². The van der Waals surface area contributed by atoms with Gasteiger partial charge in [0.1, 0.15) is 0 Å². The third-order valence-corrected chi connectivity index (χ3v) is 4.58. The molecule has 2 aliphatic heterocycles. The minimum atomic E-state index is -5.23. The number of fused-ring (bicyclic) bond motifs is 1. The fourth-order valence-electron chi connectivity index (χ4n) is 3.17. The highest BCUT2D eigenvalue weighted by atomic mass is 19.4. The van der Waals surface area contributed by atoms with Gasteiger partial charge in [0.2, 0.25) is 11.8 Å². The van der Waals surface area contributed by atoms with Crippen molar-refractivity contribution in [2.24, 2.45) is 7.05 Å². The van der Waals surface area contributed by atoms with Crippen molar-refractivity contribution in [3.8, 4) is 11.8 Å². The largest absolute Gasteiger partial charge is 0.493 e. The Morgan fingerprint density at radius 2 is 2.03 bits per heavy atom. The number of nitrogens with one attached hydrogen (secondary N) is 1. The van der Waals surface area contributed by atoms with Crippen molar-refractivity contribution in [1.82, 2.24) is 19.8 Å². The first-order chi connectivity index (χ1) is 13.7. The van der Waals surface area contributed by atoms with Crippen molar-refractivity contribution in [3.05, 3.63) is 10.4 Å². The maximum absolute atomic E-state index is 12.9. The smallest absolute Gasteiger partial charge is 0.369 e. The quantitative estimate of drug-likeness (QED) is 0.615. The number of hydrogen-bond donors (Lipinski definition) is 2. The van der Waals surface area contributed by atoms with Crippen LogP contribution in [0, 0.1) is 11.8 Å². The lowest BCUT2D eigenvalue weighted by molar-refractivity contribution is -0.203. The molecule has 0 spiro atoms. The van der Waals surface area contributed by atoms with Gasteiger partial charge in [-0.05, 0) is 6.92 Å². The first kappa shape index (κ1) is 20.7. The van der Waals surface area contributed by atoms with E-state index in [4.69, 9.17) is 5.73 Å². The number of carbonyl (C=O) groups is 1. The number of carbonyl (C=O) groups excluding carboxylic acids is 1. The molecular weight excluding hydrogens is 395 g/mol. The highest BCUT2D eigenvalue weighted by Gasteiger charge is 2.50. The molecule has 158 valence electrons. The second-order valence-electron chi connectivity index (χ2n) is 6.40. The van der Waals surface area contributed by atoms with E-state index in [-0.39, 0.29) is 24.0 Å². The number of anilines is 3. The van der Waals surface area contributed by atoms with E-state index in [2.05, 4.69) is 27.0 Å². The molecule has 1 aromatic heterocycles. The van der Waals surface area contributed by atoms with Crippen molar-refractivity contribution in [2.75, 3.05) is 48.4 Å². The van der Waals surface area contributed by atoms with Crippen LogP contribution in [0.3, 0.4) is 0 Å². The Morgan fingerprint density at radius 1 is 1.38 bits per heavy atom. The van der Waals surface area contributed by atoms with E-state index in [9.17, 15) is 22.8 Å². The van der Waals surface area contributed by atoms with Crippen LogP contribution in [0.4, 0.5) is 30.6 Å². The number of aromatic nitrogens is 2. The average molecular weight is 415 g/mol. The highest BCUT2D eigenvalue weighted by molar-refractivity contribution is 5.80. The summed E-state index contributed by atoms with van der Waals surface area (Å²) >= 11 is 0. The molecule has 0 bridgehead atoms. The minimum Gasteiger partial charge on any atom is -0.369 e. The molecular formula is C16H20F3N7O3. The molecule has 0 aliphatic carbocycles. The number of alkyl halides is 3. The van der Waals surface area contributed by atoms with E-state index in [1.807, 2.05) is 0 Å². The van der Waals surface area contributed by atoms with Gasteiger partial charge in [0, 0.05) is 33.2 Å². The lowest BCUT2D eigenvalue weighted by Gasteiger charge is -2.40. The fourth-order valence-corrected chi connectivity index (χ4v) is 3.17. The van der Waals surface area contributed by atoms with Crippen molar-refractivity contribution in [2.45, 2.75) is 19.4 Å². The summed E-state index contributed by atoms with van der Waals surface area (Å²) in [5.74, 6) is 2.58. The van der Waals surface area contributed by atoms with E-state index in [0.717, 1.165) is 4.57 Å². The Bertz CT molecular complexity index is 915. The number of piperazine rings is 1. The molecule has 2 aliphatic rings. The van der Waals surface area contributed by atoms with Crippen molar-refractivity contribution >= 4 is 23.4 Å². The van der Waals surface area contributed by atoms with E-state index in [1.165, 1.54) is 11.9 Å². The Hall–Kier alpha value is -2.98. The Kier molecular flexibility index (Phi) is 5.58. The van der Waals surface area contributed by atoms with Crippen molar-refractivity contribution in [1.29, 1.82) is 0 Å². The number of hydrogen-bond acceptors (Lipinski definition) is 9. The summed E-state index contributed by atoms with van der Waals surface area (Å²) in [7, 11) is 1.39. The zero-order chi connectivity index (χ0) is 21.3. The van der Waals surface area contributed by atoms with E-state index >= 15 is 0 Å². The lowest BCUT2D eigenvalue weighted by atomic mass is 10.3. The summed E-state index contributed by atoms with van der Waals surface area (Å²) in [6.45, 7) is 3.61. The van der Waals surface area contributed by atoms with Crippen LogP contribution >= 0.6 is 0 Å². The molecule has 0 radical (unpaired) electrons. The van der Waals surface area contributed by atoms with Crippen LogP contribution in [0.25, 0.3) is 0 Å². The summed E-state index contributed by atoms with van der Waals surface area (Å²) in [5, 5.41) is 3.83. The number of halogens is 3. The van der Waals surface area contributed by atoms with E-state index in [1.54, 1.807) is 11.8 Å². The molecule has 3 rings (SSSR count). The molecule has 1 saturated heterocycles. The Balaban J connectivity index is 2.14. The summed E-state index contributed by atoms with van der Waals surface area (Å²) in [6, 6.07) is 0. The lowest BCUT2D eigenvalue weighted by Crippen LogP contribution is -2.61. The van der Waals surface area contributed by atoms with Crippen LogP contribution in [0.15, 0.2) is 4.79 Å². The van der Waals surface area contributed by atoms with Gasteiger partial charge in [0.05, 0.1) is 6.54 Å². The molecule has 1 unspecified atom stereocenters. The number of hydroxylamine groups is 1. The second kappa shape index (κ2) is 7.80. The van der Waals surface area contributed by atoms with Crippen molar-refractivity contribution < 1.29 is 22.8 Å². The molecule has 10 nitrogen and oxygen atoms in total. The summed E-state index contributed by atoms with van der Waals surface area (Å²) in [4.78, 5) is 36.4. The van der Waals surface area contributed by atoms with Crippen LogP contribution in [0.1, 0.15) is 6.92 Å². The fraction of sp³-hybridized carbons (Fsp3) is 0.562. The number of nitrogen functional groups attached to an aromatic ring is 1. The summed E-state index contributed by atoms with van der Waals surface area (Å²) in [5.41, 5.74) is 5.11. The van der Waals surface area contributed by atoms with E-state index < -0.39 is 24.0 Å². The van der Waals surface area contributed by atoms with Gasteiger partial charge in [-0.1, -0.05) is 5.92 Å². The average Bonchev–Trinajstić information content (AvgIpc) is 2.97. The van der Waals surface area contributed by atoms with Gasteiger partial charge in [0.15, 0.2) is 12.0 Å². The number of rotatable bonds is 3. The monoisotopic (exact) mass is 415 g/mol. The SMILES string of the molecule is CC#CCN1c2c(nc(N)n(C)c2=O)N(OC(=O)C(F)(F)F)C1N1CCNCC1. The predicted octanol–water partition coefficient (Wildman–Crippen LogP) is -0.778. The van der Waals surface area contributed by atoms with Gasteiger partial charge in [0.25, 0.3) is 5.56 Å². The van der Waals surface area contributed by atoms with Gasteiger partial charge in [-0.2, -0.15) is 18.2 Å². The van der Waals surface area contributed by atoms with Crippen LogP contribution in [-0.2, 0) is 16.7 Å². The maximum Gasteiger partial charge on any atom is 0.493 e. The molecule has 0 amide bonds. The second-order valence-corrected chi connectivity index (χ2v) is 6.40.